The Labute approximate surface area is 168 Å². The summed E-state index contributed by atoms with van der Waals surface area (Å²) in [6.45, 7) is 0. The highest BCUT2D eigenvalue weighted by atomic mass is 79.9. The van der Waals surface area contributed by atoms with Crippen LogP contribution < -0.4 is 15.7 Å². The summed E-state index contributed by atoms with van der Waals surface area (Å²) in [6, 6.07) is 13.8. The summed E-state index contributed by atoms with van der Waals surface area (Å²) < 4.78 is 5.78. The zero-order valence-electron chi connectivity index (χ0n) is 14.6. The number of nitrogens with one attached hydrogen (secondary N) is 2. The molecule has 0 atom stereocenters. The molecule has 0 radical (unpaired) electrons. The minimum absolute atomic E-state index is 0.00974. The van der Waals surface area contributed by atoms with Crippen molar-refractivity contribution in [2.75, 3.05) is 12.5 Å². The number of methoxy groups -OCH3 is 1. The second kappa shape index (κ2) is 8.37. The van der Waals surface area contributed by atoms with Gasteiger partial charge in [0.1, 0.15) is 23.1 Å². The molecule has 0 saturated heterocycles. The molecule has 0 saturated carbocycles. The van der Waals surface area contributed by atoms with Gasteiger partial charge in [0.2, 0.25) is 5.95 Å². The van der Waals surface area contributed by atoms with Crippen LogP contribution in [0.25, 0.3) is 11.3 Å². The number of halogens is 1. The number of H-pyrrole nitrogens is 1. The van der Waals surface area contributed by atoms with Gasteiger partial charge in [-0.1, -0.05) is 30.3 Å². The first kappa shape index (κ1) is 19.1. The Bertz CT molecular complexity index is 1140. The van der Waals surface area contributed by atoms with E-state index in [1.165, 1.54) is 19.4 Å². The first-order valence-electron chi connectivity index (χ1n) is 7.99. The summed E-state index contributed by atoms with van der Waals surface area (Å²) in [6.07, 6.45) is 1.35. The number of aromatic nitrogens is 2. The zero-order chi connectivity index (χ0) is 20.1. The van der Waals surface area contributed by atoms with Crippen molar-refractivity contribution >= 4 is 28.1 Å². The number of phenolic OH excluding ortho intramolecular Hbond substituents is 1. The summed E-state index contributed by atoms with van der Waals surface area (Å²) in [7, 11) is 1.51. The highest BCUT2D eigenvalue weighted by Crippen LogP contribution is 2.31. The molecular formula is C19H14BrN5O3. The number of hydrazone groups is 1. The van der Waals surface area contributed by atoms with E-state index in [-0.39, 0.29) is 23.0 Å². The third-order valence-corrected chi connectivity index (χ3v) is 4.37. The fourth-order valence-corrected chi connectivity index (χ4v) is 2.91. The van der Waals surface area contributed by atoms with Crippen molar-refractivity contribution in [1.82, 2.24) is 9.97 Å². The molecule has 0 aliphatic rings. The molecule has 1 aromatic heterocycles. The van der Waals surface area contributed by atoms with Gasteiger partial charge in [-0.15, -0.1) is 0 Å². The first-order chi connectivity index (χ1) is 13.5. The molecule has 3 aromatic rings. The Balaban J connectivity index is 1.92. The fourth-order valence-electron chi connectivity index (χ4n) is 2.42. The summed E-state index contributed by atoms with van der Waals surface area (Å²) in [5, 5.41) is 23.3. The van der Waals surface area contributed by atoms with Crippen molar-refractivity contribution in [3.8, 4) is 28.8 Å². The lowest BCUT2D eigenvalue weighted by atomic mass is 10.1. The van der Waals surface area contributed by atoms with Gasteiger partial charge in [0.25, 0.3) is 5.56 Å². The molecule has 0 unspecified atom stereocenters. The molecule has 0 spiro atoms. The van der Waals surface area contributed by atoms with Crippen molar-refractivity contribution in [3.63, 3.8) is 0 Å². The van der Waals surface area contributed by atoms with Crippen LogP contribution in [0.2, 0.25) is 0 Å². The standard InChI is InChI=1S/C19H14BrN5O3/c1-28-16-7-12(15(26)8-14(16)20)10-22-25-19-23-17(11-5-3-2-4-6-11)13(9-21)18(27)24-19/h2-8,10,26H,1H3,(H2,23,24,25,27). The molecule has 0 bridgehead atoms. The Kier molecular flexibility index (Phi) is 5.72. The van der Waals surface area contributed by atoms with Crippen LogP contribution in [0, 0.1) is 11.3 Å². The predicted molar refractivity (Wildman–Crippen MR) is 109 cm³/mol. The molecule has 0 aliphatic heterocycles. The molecule has 8 nitrogen and oxygen atoms in total. The van der Waals surface area contributed by atoms with Gasteiger partial charge in [-0.2, -0.15) is 10.4 Å². The number of hydrogen-bond acceptors (Lipinski definition) is 7. The Morgan fingerprint density at radius 1 is 1.36 bits per heavy atom. The largest absolute Gasteiger partial charge is 0.507 e. The molecule has 140 valence electrons. The monoisotopic (exact) mass is 439 g/mol. The number of nitriles is 1. The lowest BCUT2D eigenvalue weighted by Gasteiger charge is -2.07. The van der Waals surface area contributed by atoms with E-state index in [1.807, 2.05) is 12.1 Å². The van der Waals surface area contributed by atoms with E-state index < -0.39 is 5.56 Å². The summed E-state index contributed by atoms with van der Waals surface area (Å²) in [5.74, 6) is 0.572. The van der Waals surface area contributed by atoms with E-state index in [4.69, 9.17) is 4.74 Å². The van der Waals surface area contributed by atoms with Gasteiger partial charge in [-0.25, -0.2) is 10.4 Å². The van der Waals surface area contributed by atoms with Gasteiger partial charge < -0.3 is 9.84 Å². The van der Waals surface area contributed by atoms with E-state index >= 15 is 0 Å². The smallest absolute Gasteiger partial charge is 0.270 e. The van der Waals surface area contributed by atoms with Crippen molar-refractivity contribution in [2.45, 2.75) is 0 Å². The maximum absolute atomic E-state index is 12.2. The van der Waals surface area contributed by atoms with Crippen LogP contribution in [0.4, 0.5) is 5.95 Å². The topological polar surface area (TPSA) is 123 Å². The highest BCUT2D eigenvalue weighted by molar-refractivity contribution is 9.10. The Morgan fingerprint density at radius 3 is 2.79 bits per heavy atom. The minimum Gasteiger partial charge on any atom is -0.507 e. The molecule has 3 N–H and O–H groups in total. The van der Waals surface area contributed by atoms with Crippen molar-refractivity contribution in [3.05, 3.63) is 68.4 Å². The summed E-state index contributed by atoms with van der Waals surface area (Å²) in [5.41, 5.74) is 3.21. The summed E-state index contributed by atoms with van der Waals surface area (Å²) in [4.78, 5) is 18.9. The van der Waals surface area contributed by atoms with Crippen LogP contribution in [-0.4, -0.2) is 28.4 Å². The van der Waals surface area contributed by atoms with Gasteiger partial charge in [0.15, 0.2) is 0 Å². The third-order valence-electron chi connectivity index (χ3n) is 3.75. The normalized spacial score (nSPS) is 10.6. The van der Waals surface area contributed by atoms with Crippen LogP contribution in [0.3, 0.4) is 0 Å². The molecule has 28 heavy (non-hydrogen) atoms. The molecule has 3 rings (SSSR count). The molecule has 0 fully saturated rings. The van der Waals surface area contributed by atoms with Gasteiger partial charge in [-0.3, -0.25) is 9.78 Å². The number of hydrogen-bond donors (Lipinski definition) is 3. The lowest BCUT2D eigenvalue weighted by molar-refractivity contribution is 0.409. The van der Waals surface area contributed by atoms with Crippen LogP contribution >= 0.6 is 15.9 Å². The lowest BCUT2D eigenvalue weighted by Crippen LogP contribution is -2.16. The van der Waals surface area contributed by atoms with Gasteiger partial charge >= 0.3 is 0 Å². The van der Waals surface area contributed by atoms with E-state index in [9.17, 15) is 15.2 Å². The fraction of sp³-hybridized carbons (Fsp3) is 0.0526. The van der Waals surface area contributed by atoms with E-state index in [0.29, 0.717) is 21.3 Å². The van der Waals surface area contributed by atoms with Crippen molar-refractivity contribution in [1.29, 1.82) is 5.26 Å². The maximum Gasteiger partial charge on any atom is 0.270 e. The van der Waals surface area contributed by atoms with Crippen molar-refractivity contribution < 1.29 is 9.84 Å². The molecule has 0 amide bonds. The van der Waals surface area contributed by atoms with Gasteiger partial charge in [0, 0.05) is 11.1 Å². The second-order valence-electron chi connectivity index (χ2n) is 5.53. The quantitative estimate of drug-likeness (QED) is 0.414. The molecule has 1 heterocycles. The van der Waals surface area contributed by atoms with Crippen LogP contribution in [0.5, 0.6) is 11.5 Å². The van der Waals surface area contributed by atoms with Crippen LogP contribution in [0.1, 0.15) is 11.1 Å². The number of nitrogens with zero attached hydrogens (tertiary/aromatic N) is 3. The molecule has 2 aromatic carbocycles. The van der Waals surface area contributed by atoms with Crippen LogP contribution in [-0.2, 0) is 0 Å². The SMILES string of the molecule is COc1cc(C=NNc2nc(-c3ccccc3)c(C#N)c(=O)[nH]2)c(O)cc1Br. The molecule has 9 heteroatoms. The second-order valence-corrected chi connectivity index (χ2v) is 6.39. The maximum atomic E-state index is 12.2. The highest BCUT2D eigenvalue weighted by Gasteiger charge is 2.13. The average molecular weight is 440 g/mol. The Morgan fingerprint density at radius 2 is 2.11 bits per heavy atom. The van der Waals surface area contributed by atoms with Crippen LogP contribution in [0.15, 0.2) is 56.8 Å². The predicted octanol–water partition coefficient (Wildman–Crippen LogP) is 3.23. The van der Waals surface area contributed by atoms with E-state index in [2.05, 4.69) is 36.4 Å². The zero-order valence-corrected chi connectivity index (χ0v) is 16.2. The number of phenols is 1. The molecular weight excluding hydrogens is 426 g/mol. The number of anilines is 1. The molecule has 0 aliphatic carbocycles. The number of aromatic hydroxyl groups is 1. The number of benzene rings is 2. The minimum atomic E-state index is -0.581. The van der Waals surface area contributed by atoms with E-state index in [0.717, 1.165) is 0 Å². The first-order valence-corrected chi connectivity index (χ1v) is 8.78. The number of aromatic amines is 1. The Hall–Kier alpha value is -3.64. The van der Waals surface area contributed by atoms with Gasteiger partial charge in [0.05, 0.1) is 23.5 Å². The van der Waals surface area contributed by atoms with E-state index in [1.54, 1.807) is 30.3 Å². The van der Waals surface area contributed by atoms with Crippen molar-refractivity contribution in [2.24, 2.45) is 5.10 Å². The van der Waals surface area contributed by atoms with Gasteiger partial charge in [-0.05, 0) is 28.1 Å². The summed E-state index contributed by atoms with van der Waals surface area (Å²) >= 11 is 3.28. The third kappa shape index (κ3) is 4.02. The average Bonchev–Trinajstić information content (AvgIpc) is 2.70. The number of rotatable bonds is 5. The number of ether oxygens (including phenoxy) is 1.